The van der Waals surface area contributed by atoms with Crippen molar-refractivity contribution in [1.29, 1.82) is 0 Å². The quantitative estimate of drug-likeness (QED) is 0.591. The molecule has 0 radical (unpaired) electrons. The highest BCUT2D eigenvalue weighted by Gasteiger charge is 2.54. The standard InChI is InChI=1S/C11H18O.CH3NO2/c1-10-3-8-2-9(4-10)6-11(12,5-8)7-10;2-1(3)4/h8-9,12H,2-7H2,1H3;2H2,(H,3,4). The van der Waals surface area contributed by atoms with E-state index in [0.717, 1.165) is 31.1 Å². The van der Waals surface area contributed by atoms with E-state index in [0.29, 0.717) is 5.41 Å². The summed E-state index contributed by atoms with van der Waals surface area (Å²) >= 11 is 0. The van der Waals surface area contributed by atoms with Gasteiger partial charge in [0.2, 0.25) is 0 Å². The zero-order valence-electron chi connectivity index (χ0n) is 9.78. The van der Waals surface area contributed by atoms with Crippen molar-refractivity contribution in [3.8, 4) is 0 Å². The number of aliphatic hydroxyl groups is 1. The molecule has 0 spiro atoms. The van der Waals surface area contributed by atoms with E-state index >= 15 is 0 Å². The van der Waals surface area contributed by atoms with Gasteiger partial charge in [0.25, 0.3) is 0 Å². The number of rotatable bonds is 0. The van der Waals surface area contributed by atoms with Gasteiger partial charge in [-0.05, 0) is 55.8 Å². The van der Waals surface area contributed by atoms with Gasteiger partial charge in [-0.25, -0.2) is 4.79 Å². The largest absolute Gasteiger partial charge is 0.465 e. The van der Waals surface area contributed by atoms with Gasteiger partial charge < -0.3 is 15.9 Å². The molecule has 2 unspecified atom stereocenters. The molecule has 0 heterocycles. The molecule has 0 aromatic heterocycles. The summed E-state index contributed by atoms with van der Waals surface area (Å²) < 4.78 is 0. The predicted molar refractivity (Wildman–Crippen MR) is 60.0 cm³/mol. The van der Waals surface area contributed by atoms with E-state index in [4.69, 9.17) is 9.90 Å². The first-order valence-electron chi connectivity index (χ1n) is 6.01. The second kappa shape index (κ2) is 3.62. The van der Waals surface area contributed by atoms with E-state index in [-0.39, 0.29) is 5.60 Å². The number of carboxylic acid groups (broad SMARTS) is 1. The summed E-state index contributed by atoms with van der Waals surface area (Å²) in [5.74, 6) is 1.72. The Morgan fingerprint density at radius 2 is 1.69 bits per heavy atom. The summed E-state index contributed by atoms with van der Waals surface area (Å²) in [4.78, 5) is 8.78. The van der Waals surface area contributed by atoms with Crippen LogP contribution in [0.1, 0.15) is 45.4 Å². The summed E-state index contributed by atoms with van der Waals surface area (Å²) in [5, 5.41) is 17.5. The van der Waals surface area contributed by atoms with Gasteiger partial charge in [0.1, 0.15) is 0 Å². The van der Waals surface area contributed by atoms with Crippen LogP contribution in [0.25, 0.3) is 0 Å². The van der Waals surface area contributed by atoms with Gasteiger partial charge in [-0.3, -0.25) is 0 Å². The number of hydrogen-bond acceptors (Lipinski definition) is 2. The molecule has 4 saturated carbocycles. The molecule has 0 aromatic carbocycles. The summed E-state index contributed by atoms with van der Waals surface area (Å²) in [5.41, 5.74) is 4.30. The van der Waals surface area contributed by atoms with Crippen molar-refractivity contribution in [2.45, 2.75) is 51.0 Å². The molecule has 2 atom stereocenters. The molecular weight excluding hydrogens is 206 g/mol. The molecule has 4 aliphatic carbocycles. The van der Waals surface area contributed by atoms with Gasteiger partial charge in [0.15, 0.2) is 0 Å². The van der Waals surface area contributed by atoms with Crippen molar-refractivity contribution < 1.29 is 15.0 Å². The molecule has 4 heteroatoms. The van der Waals surface area contributed by atoms with E-state index < -0.39 is 6.09 Å². The Morgan fingerprint density at radius 3 is 2.00 bits per heavy atom. The van der Waals surface area contributed by atoms with Crippen LogP contribution in [-0.2, 0) is 0 Å². The summed E-state index contributed by atoms with van der Waals surface area (Å²) in [6, 6.07) is 0. The van der Waals surface area contributed by atoms with Gasteiger partial charge in [-0.1, -0.05) is 6.92 Å². The van der Waals surface area contributed by atoms with Crippen LogP contribution < -0.4 is 5.73 Å². The third kappa shape index (κ3) is 2.32. The molecule has 0 aliphatic heterocycles. The molecule has 4 bridgehead atoms. The first kappa shape index (κ1) is 11.7. The van der Waals surface area contributed by atoms with Crippen LogP contribution in [0, 0.1) is 17.3 Å². The molecule has 4 fully saturated rings. The molecule has 0 saturated heterocycles. The maximum Gasteiger partial charge on any atom is 0.402 e. The van der Waals surface area contributed by atoms with Crippen molar-refractivity contribution in [3.05, 3.63) is 0 Å². The zero-order valence-corrected chi connectivity index (χ0v) is 9.78. The second-order valence-corrected chi connectivity index (χ2v) is 6.33. The van der Waals surface area contributed by atoms with Crippen LogP contribution in [0.3, 0.4) is 0 Å². The molecule has 4 N–H and O–H groups in total. The monoisotopic (exact) mass is 227 g/mol. The molecule has 92 valence electrons. The lowest BCUT2D eigenvalue weighted by Crippen LogP contribution is -2.54. The normalized spacial score (nSPS) is 48.4. The Bertz CT molecular complexity index is 265. The minimum Gasteiger partial charge on any atom is -0.465 e. The number of hydrogen-bond donors (Lipinski definition) is 3. The molecule has 4 aliphatic rings. The first-order valence-corrected chi connectivity index (χ1v) is 6.01. The fraction of sp³-hybridized carbons (Fsp3) is 0.917. The van der Waals surface area contributed by atoms with Crippen LogP contribution in [0.4, 0.5) is 4.79 Å². The Balaban J connectivity index is 0.000000212. The molecule has 4 nitrogen and oxygen atoms in total. The van der Waals surface area contributed by atoms with Crippen molar-refractivity contribution in [2.24, 2.45) is 23.0 Å². The average molecular weight is 227 g/mol. The van der Waals surface area contributed by atoms with Gasteiger partial charge in [0, 0.05) is 0 Å². The lowest BCUT2D eigenvalue weighted by Gasteiger charge is -2.59. The summed E-state index contributed by atoms with van der Waals surface area (Å²) in [6.45, 7) is 2.38. The van der Waals surface area contributed by atoms with Crippen LogP contribution in [0.5, 0.6) is 0 Å². The van der Waals surface area contributed by atoms with Crippen molar-refractivity contribution >= 4 is 6.09 Å². The number of nitrogens with two attached hydrogens (primary N) is 1. The second-order valence-electron chi connectivity index (χ2n) is 6.33. The average Bonchev–Trinajstić information content (AvgIpc) is 1.93. The smallest absolute Gasteiger partial charge is 0.402 e. The number of amides is 1. The summed E-state index contributed by atoms with van der Waals surface area (Å²) in [6.07, 6.45) is 6.18. The molecule has 4 rings (SSSR count). The van der Waals surface area contributed by atoms with Gasteiger partial charge in [0.05, 0.1) is 5.60 Å². The van der Waals surface area contributed by atoms with Crippen LogP contribution in [0.2, 0.25) is 0 Å². The van der Waals surface area contributed by atoms with E-state index in [9.17, 15) is 5.11 Å². The van der Waals surface area contributed by atoms with Gasteiger partial charge in [-0.15, -0.1) is 0 Å². The van der Waals surface area contributed by atoms with Crippen molar-refractivity contribution in [1.82, 2.24) is 0 Å². The van der Waals surface area contributed by atoms with Crippen molar-refractivity contribution in [2.75, 3.05) is 0 Å². The minimum absolute atomic E-state index is 0.237. The molecule has 0 aromatic rings. The third-order valence-corrected chi connectivity index (χ3v) is 4.32. The van der Waals surface area contributed by atoms with E-state index in [1.165, 1.54) is 19.3 Å². The predicted octanol–water partition coefficient (Wildman–Crippen LogP) is 1.96. The SMILES string of the molecule is CC12CC3CC(C1)CC(O)(C3)C2.NC(=O)O. The van der Waals surface area contributed by atoms with E-state index in [1.807, 2.05) is 0 Å². The lowest BCUT2D eigenvalue weighted by atomic mass is 9.48. The maximum absolute atomic E-state index is 10.3. The third-order valence-electron chi connectivity index (χ3n) is 4.32. The molecule has 16 heavy (non-hydrogen) atoms. The summed E-state index contributed by atoms with van der Waals surface area (Å²) in [7, 11) is 0. The molecule has 1 amide bonds. The maximum atomic E-state index is 10.3. The van der Waals surface area contributed by atoms with Gasteiger partial charge in [-0.2, -0.15) is 0 Å². The van der Waals surface area contributed by atoms with Crippen molar-refractivity contribution in [3.63, 3.8) is 0 Å². The number of carbonyl (C=O) groups is 1. The minimum atomic E-state index is -1.33. The fourth-order valence-corrected chi connectivity index (χ4v) is 4.67. The lowest BCUT2D eigenvalue weighted by molar-refractivity contribution is -0.157. The number of primary amides is 1. The fourth-order valence-electron chi connectivity index (χ4n) is 4.67. The van der Waals surface area contributed by atoms with E-state index in [2.05, 4.69) is 12.7 Å². The highest BCUT2D eigenvalue weighted by molar-refractivity contribution is 5.61. The van der Waals surface area contributed by atoms with Gasteiger partial charge >= 0.3 is 6.09 Å². The Hall–Kier alpha value is -0.770. The molecular formula is C12H21NO3. The zero-order chi connectivity index (χ0) is 12.0. The Morgan fingerprint density at radius 1 is 1.25 bits per heavy atom. The highest BCUT2D eigenvalue weighted by atomic mass is 16.4. The van der Waals surface area contributed by atoms with Crippen LogP contribution in [-0.4, -0.2) is 21.9 Å². The van der Waals surface area contributed by atoms with E-state index in [1.54, 1.807) is 0 Å². The van der Waals surface area contributed by atoms with Crippen LogP contribution in [0.15, 0.2) is 0 Å². The van der Waals surface area contributed by atoms with Crippen LogP contribution >= 0.6 is 0 Å². The Kier molecular flexibility index (Phi) is 2.65. The topological polar surface area (TPSA) is 83.5 Å². The Labute approximate surface area is 95.8 Å². The highest BCUT2D eigenvalue weighted by Crippen LogP contribution is 2.61. The first-order chi connectivity index (χ1) is 7.30.